The van der Waals surface area contributed by atoms with Gasteiger partial charge in [0, 0.05) is 12.0 Å². The fourth-order valence-electron chi connectivity index (χ4n) is 3.96. The summed E-state index contributed by atoms with van der Waals surface area (Å²) in [6.45, 7) is -0.605. The van der Waals surface area contributed by atoms with Gasteiger partial charge in [0.2, 0.25) is 0 Å². The van der Waals surface area contributed by atoms with E-state index in [-0.39, 0.29) is 29.9 Å². The molecule has 2 unspecified atom stereocenters. The van der Waals surface area contributed by atoms with Gasteiger partial charge in [0.15, 0.2) is 9.84 Å². The number of alkyl halides is 1. The molecule has 2 aromatic rings. The minimum Gasteiger partial charge on any atom is -0.327 e. The Bertz CT molecular complexity index is 965. The second kappa shape index (κ2) is 9.78. The molecule has 7 heteroatoms. The minimum atomic E-state index is -3.24. The minimum absolute atomic E-state index is 0.0282. The van der Waals surface area contributed by atoms with E-state index in [1.807, 2.05) is 18.2 Å². The van der Waals surface area contributed by atoms with Crippen molar-refractivity contribution in [2.45, 2.75) is 44.1 Å². The largest absolute Gasteiger partial charge is 0.327 e. The van der Waals surface area contributed by atoms with Crippen molar-refractivity contribution in [2.24, 2.45) is 5.73 Å². The maximum Gasteiger partial charge on any atom is 0.150 e. The predicted molar refractivity (Wildman–Crippen MR) is 119 cm³/mol. The molecule has 158 valence electrons. The number of sulfone groups is 1. The molecule has 0 amide bonds. The Morgan fingerprint density at radius 2 is 1.79 bits per heavy atom. The molecule has 0 aromatic heterocycles. The molecule has 0 saturated carbocycles. The van der Waals surface area contributed by atoms with Crippen LogP contribution in [-0.2, 0) is 29.1 Å². The first-order chi connectivity index (χ1) is 13.8. The van der Waals surface area contributed by atoms with Crippen LogP contribution in [0.15, 0.2) is 36.4 Å². The van der Waals surface area contributed by atoms with Crippen LogP contribution in [0.5, 0.6) is 0 Å². The zero-order valence-corrected chi connectivity index (χ0v) is 18.5. The Kier molecular flexibility index (Phi) is 7.60. The molecular weight excluding hydrogens is 432 g/mol. The molecule has 2 atom stereocenters. The predicted octanol–water partition coefficient (Wildman–Crippen LogP) is 4.91. The smallest absolute Gasteiger partial charge is 0.150 e. The van der Waals surface area contributed by atoms with Crippen molar-refractivity contribution < 1.29 is 12.8 Å². The van der Waals surface area contributed by atoms with E-state index in [1.165, 1.54) is 11.1 Å². The average Bonchev–Trinajstić information content (AvgIpc) is 2.70. The van der Waals surface area contributed by atoms with Gasteiger partial charge < -0.3 is 5.73 Å². The summed E-state index contributed by atoms with van der Waals surface area (Å²) in [7, 11) is -3.24. The summed E-state index contributed by atoms with van der Waals surface area (Å²) in [5.41, 5.74) is 11.0. The monoisotopic (exact) mass is 457 g/mol. The highest BCUT2D eigenvalue weighted by molar-refractivity contribution is 7.91. The number of hydrogen-bond acceptors (Lipinski definition) is 3. The number of benzene rings is 2. The molecule has 29 heavy (non-hydrogen) atoms. The van der Waals surface area contributed by atoms with E-state index in [0.29, 0.717) is 16.5 Å². The number of fused-ring (bicyclic) bond motifs is 1. The van der Waals surface area contributed by atoms with Crippen LogP contribution >= 0.6 is 23.2 Å². The van der Waals surface area contributed by atoms with Gasteiger partial charge in [-0.1, -0.05) is 47.5 Å². The summed E-state index contributed by atoms with van der Waals surface area (Å²) in [5, 5.41) is 1.06. The van der Waals surface area contributed by atoms with Crippen molar-refractivity contribution in [2.75, 3.05) is 18.2 Å². The van der Waals surface area contributed by atoms with Crippen molar-refractivity contribution in [1.82, 2.24) is 0 Å². The second-order valence-corrected chi connectivity index (χ2v) is 10.9. The van der Waals surface area contributed by atoms with Crippen molar-refractivity contribution in [3.63, 3.8) is 0 Å². The van der Waals surface area contributed by atoms with E-state index in [9.17, 15) is 12.8 Å². The summed E-state index contributed by atoms with van der Waals surface area (Å²) in [6, 6.07) is 11.9. The normalized spacial score (nSPS) is 19.2. The Hall–Kier alpha value is -1.14. The number of nitrogens with two attached hydrogens (primary N) is 1. The summed E-state index contributed by atoms with van der Waals surface area (Å²) in [4.78, 5) is 0. The second-order valence-electron chi connectivity index (χ2n) is 7.74. The van der Waals surface area contributed by atoms with Crippen LogP contribution in [0, 0.1) is 0 Å². The lowest BCUT2D eigenvalue weighted by molar-refractivity contribution is 0.467. The van der Waals surface area contributed by atoms with Gasteiger partial charge in [0.25, 0.3) is 0 Å². The fourth-order valence-corrected chi connectivity index (χ4v) is 5.58. The standard InChI is InChI=1S/C22H26Cl2FNO2S/c23-20-6-3-16(14-21(20)24)13-19-18-12-15(2-4-17(18)5-7-22(19)26)8-11-29(27,28)10-1-9-25/h2-4,6,12,14,19,22H,1,5,7-11,13,26H2. The van der Waals surface area contributed by atoms with E-state index in [4.69, 9.17) is 28.9 Å². The zero-order chi connectivity index (χ0) is 21.0. The number of aryl methyl sites for hydroxylation is 2. The SMILES string of the molecule is NC1CCc2ccc(CCS(=O)(=O)CCCF)cc2C1Cc1ccc(Cl)c(Cl)c1. The molecule has 0 heterocycles. The van der Waals surface area contributed by atoms with Crippen LogP contribution in [0.2, 0.25) is 10.0 Å². The third-order valence-corrected chi connectivity index (χ3v) is 8.08. The molecule has 0 radical (unpaired) electrons. The first-order valence-electron chi connectivity index (χ1n) is 9.86. The summed E-state index contributed by atoms with van der Waals surface area (Å²) in [5.74, 6) is 0.0771. The molecule has 0 saturated heterocycles. The van der Waals surface area contributed by atoms with Crippen molar-refractivity contribution in [1.29, 1.82) is 0 Å². The highest BCUT2D eigenvalue weighted by Crippen LogP contribution is 2.35. The fraction of sp³-hybridized carbons (Fsp3) is 0.455. The number of rotatable bonds is 8. The van der Waals surface area contributed by atoms with Gasteiger partial charge in [-0.05, 0) is 66.5 Å². The molecule has 0 aliphatic heterocycles. The Morgan fingerprint density at radius 1 is 1.03 bits per heavy atom. The number of halogens is 3. The molecule has 2 aromatic carbocycles. The van der Waals surface area contributed by atoms with Gasteiger partial charge in [0.1, 0.15) is 0 Å². The molecule has 0 bridgehead atoms. The summed E-state index contributed by atoms with van der Waals surface area (Å²) >= 11 is 12.2. The van der Waals surface area contributed by atoms with Crippen molar-refractivity contribution >= 4 is 33.0 Å². The van der Waals surface area contributed by atoms with Gasteiger partial charge in [-0.15, -0.1) is 0 Å². The van der Waals surface area contributed by atoms with Gasteiger partial charge in [-0.3, -0.25) is 4.39 Å². The van der Waals surface area contributed by atoms with E-state index in [0.717, 1.165) is 30.4 Å². The lowest BCUT2D eigenvalue weighted by Gasteiger charge is -2.32. The third kappa shape index (κ3) is 5.94. The van der Waals surface area contributed by atoms with Crippen LogP contribution < -0.4 is 5.73 Å². The van der Waals surface area contributed by atoms with Crippen LogP contribution in [0.25, 0.3) is 0 Å². The molecule has 1 aliphatic rings. The van der Waals surface area contributed by atoms with Gasteiger partial charge in [-0.25, -0.2) is 8.42 Å². The van der Waals surface area contributed by atoms with Gasteiger partial charge in [0.05, 0.1) is 28.2 Å². The average molecular weight is 458 g/mol. The van der Waals surface area contributed by atoms with Gasteiger partial charge >= 0.3 is 0 Å². The third-order valence-electron chi connectivity index (χ3n) is 5.60. The van der Waals surface area contributed by atoms with Gasteiger partial charge in [-0.2, -0.15) is 0 Å². The molecule has 3 nitrogen and oxygen atoms in total. The molecule has 0 fully saturated rings. The lowest BCUT2D eigenvalue weighted by Crippen LogP contribution is -2.34. The molecule has 0 spiro atoms. The van der Waals surface area contributed by atoms with Crippen molar-refractivity contribution in [3.8, 4) is 0 Å². The Balaban J connectivity index is 1.79. The first-order valence-corrected chi connectivity index (χ1v) is 12.4. The van der Waals surface area contributed by atoms with E-state index < -0.39 is 16.5 Å². The molecule has 2 N–H and O–H groups in total. The topological polar surface area (TPSA) is 60.2 Å². The molecular formula is C22H26Cl2FNO2S. The molecule has 3 rings (SSSR count). The molecule has 1 aliphatic carbocycles. The Morgan fingerprint density at radius 3 is 2.52 bits per heavy atom. The Labute approximate surface area is 182 Å². The highest BCUT2D eigenvalue weighted by Gasteiger charge is 2.27. The van der Waals surface area contributed by atoms with E-state index in [2.05, 4.69) is 12.1 Å². The quantitative estimate of drug-likeness (QED) is 0.612. The lowest BCUT2D eigenvalue weighted by atomic mass is 9.76. The highest BCUT2D eigenvalue weighted by atomic mass is 35.5. The first kappa shape index (κ1) is 22.5. The maximum absolute atomic E-state index is 12.3. The van der Waals surface area contributed by atoms with E-state index >= 15 is 0 Å². The van der Waals surface area contributed by atoms with E-state index in [1.54, 1.807) is 6.07 Å². The van der Waals surface area contributed by atoms with Crippen LogP contribution in [-0.4, -0.2) is 32.6 Å². The van der Waals surface area contributed by atoms with Crippen molar-refractivity contribution in [3.05, 3.63) is 68.7 Å². The number of hydrogen-bond donors (Lipinski definition) is 1. The summed E-state index contributed by atoms with van der Waals surface area (Å²) < 4.78 is 36.4. The zero-order valence-electron chi connectivity index (χ0n) is 16.2. The van der Waals surface area contributed by atoms with Crippen LogP contribution in [0.3, 0.4) is 0 Å². The maximum atomic E-state index is 12.3. The van der Waals surface area contributed by atoms with Crippen LogP contribution in [0.4, 0.5) is 4.39 Å². The summed E-state index contributed by atoms with van der Waals surface area (Å²) in [6.07, 6.45) is 3.08. The van der Waals surface area contributed by atoms with Crippen LogP contribution in [0.1, 0.15) is 41.0 Å².